The van der Waals surface area contributed by atoms with Gasteiger partial charge in [0.15, 0.2) is 11.4 Å². The number of hydrogen-bond donors (Lipinski definition) is 5. The molecule has 1 fully saturated rings. The van der Waals surface area contributed by atoms with Crippen LogP contribution in [0.25, 0.3) is 11.1 Å². The number of aryl methyl sites for hydroxylation is 1. The fourth-order valence-electron chi connectivity index (χ4n) is 8.70. The largest absolute Gasteiger partial charge is 0.439 e. The number of nitrogens with one attached hydrogen (secondary N) is 4. The number of anilines is 5. The fourth-order valence-corrected chi connectivity index (χ4v) is 11.2. The van der Waals surface area contributed by atoms with Crippen molar-refractivity contribution < 1.29 is 48.8 Å². The van der Waals surface area contributed by atoms with E-state index in [1.165, 1.54) is 22.6 Å². The number of ketones is 1. The Hall–Kier alpha value is -5.74. The molecule has 2 amide bonds. The second-order valence-corrected chi connectivity index (χ2v) is 27.3. The van der Waals surface area contributed by atoms with Crippen molar-refractivity contribution in [3.05, 3.63) is 99.9 Å². The summed E-state index contributed by atoms with van der Waals surface area (Å²) < 4.78 is 94.8. The van der Waals surface area contributed by atoms with E-state index in [0.717, 1.165) is 90.3 Å². The number of ether oxygens (including phenoxy) is 1. The number of amides is 2. The monoisotopic (exact) mass is 1110 g/mol. The van der Waals surface area contributed by atoms with Crippen molar-refractivity contribution in [2.45, 2.75) is 148 Å². The van der Waals surface area contributed by atoms with Gasteiger partial charge in [-0.2, -0.15) is 0 Å². The zero-order chi connectivity index (χ0) is 55.8. The lowest BCUT2D eigenvalue weighted by molar-refractivity contribution is -0.142. The quantitative estimate of drug-likeness (QED) is 0.0455. The van der Waals surface area contributed by atoms with Crippen molar-refractivity contribution in [2.75, 3.05) is 36.9 Å². The van der Waals surface area contributed by atoms with Gasteiger partial charge in [-0.1, -0.05) is 98.9 Å². The molecule has 0 bridgehead atoms. The molecule has 0 spiro atoms. The molecule has 408 valence electrons. The first-order valence-electron chi connectivity index (χ1n) is 24.7. The molecule has 1 heterocycles. The number of nitrogens with zero attached hydrogens (tertiary/aromatic N) is 2. The number of carbonyl (C=O) groups is 3. The van der Waals surface area contributed by atoms with Gasteiger partial charge in [0.25, 0.3) is 15.9 Å². The third kappa shape index (κ3) is 14.2. The number of benzene rings is 4. The number of carbonyl (C=O) groups excluding carboxylic acids is 3. The summed E-state index contributed by atoms with van der Waals surface area (Å²) in [6, 6.07) is 15.7. The van der Waals surface area contributed by atoms with Crippen LogP contribution >= 0.6 is 11.6 Å². The number of halogens is 1. The molecule has 18 nitrogen and oxygen atoms in total. The van der Waals surface area contributed by atoms with Crippen LogP contribution < -0.4 is 30.1 Å². The molecule has 1 aliphatic carbocycles. The molecule has 1 saturated carbocycles. The van der Waals surface area contributed by atoms with E-state index < -0.39 is 76.0 Å². The normalized spacial score (nSPS) is 14.8. The van der Waals surface area contributed by atoms with E-state index in [1.807, 2.05) is 19.1 Å². The highest BCUT2D eigenvalue weighted by molar-refractivity contribution is 7.93. The summed E-state index contributed by atoms with van der Waals surface area (Å²) >= 11 is 6.52. The molecule has 5 aromatic rings. The number of sulfonamides is 3. The van der Waals surface area contributed by atoms with E-state index in [-0.39, 0.29) is 39.0 Å². The number of rotatable bonds is 20. The molecular weight excluding hydrogens is 1040 g/mol. The molecular formula is C53H70ClN7O11S3. The Morgan fingerprint density at radius 2 is 1.40 bits per heavy atom. The Labute approximate surface area is 446 Å². The van der Waals surface area contributed by atoms with Crippen LogP contribution in [0.15, 0.2) is 76.0 Å². The second kappa shape index (κ2) is 22.1. The Morgan fingerprint density at radius 1 is 0.800 bits per heavy atom. The van der Waals surface area contributed by atoms with Crippen LogP contribution in [0.5, 0.6) is 0 Å². The number of Topliss-reactive ketones (excluding diaryl/α,β-unsaturated/α-hetero) is 1. The van der Waals surface area contributed by atoms with Crippen molar-refractivity contribution in [1.82, 2.24) is 4.98 Å². The lowest BCUT2D eigenvalue weighted by Gasteiger charge is -2.31. The predicted molar refractivity (Wildman–Crippen MR) is 296 cm³/mol. The first kappa shape index (κ1) is 58.5. The van der Waals surface area contributed by atoms with Gasteiger partial charge in [0.1, 0.15) is 10.4 Å². The van der Waals surface area contributed by atoms with Crippen molar-refractivity contribution in [3.8, 4) is 0 Å². The lowest BCUT2D eigenvalue weighted by Crippen LogP contribution is -2.48. The average Bonchev–Trinajstić information content (AvgIpc) is 3.99. The van der Waals surface area contributed by atoms with Crippen LogP contribution in [0.2, 0.25) is 5.02 Å². The number of fused-ring (bicyclic) bond motifs is 1. The summed E-state index contributed by atoms with van der Waals surface area (Å²) in [5.74, 6) is -1.39. The van der Waals surface area contributed by atoms with Gasteiger partial charge in [-0.15, -0.1) is 0 Å². The fraction of sp³-hybridized carbons (Fsp3) is 0.472. The van der Waals surface area contributed by atoms with Gasteiger partial charge < -0.3 is 20.2 Å². The van der Waals surface area contributed by atoms with Crippen LogP contribution in [0, 0.1) is 12.3 Å². The highest BCUT2D eigenvalue weighted by Gasteiger charge is 2.41. The van der Waals surface area contributed by atoms with Gasteiger partial charge >= 0.3 is 6.09 Å². The molecule has 6 N–H and O–H groups in total. The van der Waals surface area contributed by atoms with Crippen molar-refractivity contribution in [3.63, 3.8) is 0 Å². The van der Waals surface area contributed by atoms with Crippen molar-refractivity contribution >= 4 is 99.0 Å². The molecule has 75 heavy (non-hydrogen) atoms. The zero-order valence-electron chi connectivity index (χ0n) is 44.6. The summed E-state index contributed by atoms with van der Waals surface area (Å²) in [6.07, 6.45) is 3.89. The maximum absolute atomic E-state index is 14.6. The molecule has 0 aliphatic heterocycles. The van der Waals surface area contributed by atoms with E-state index in [1.54, 1.807) is 26.8 Å². The highest BCUT2D eigenvalue weighted by Crippen LogP contribution is 2.40. The van der Waals surface area contributed by atoms with Gasteiger partial charge in [-0.25, -0.2) is 35.0 Å². The highest BCUT2D eigenvalue weighted by atomic mass is 35.5. The van der Waals surface area contributed by atoms with Crippen LogP contribution in [-0.4, -0.2) is 72.7 Å². The number of oxazole rings is 1. The van der Waals surface area contributed by atoms with Gasteiger partial charge in [0.05, 0.1) is 46.3 Å². The summed E-state index contributed by atoms with van der Waals surface area (Å²) in [5.41, 5.74) is 10.5. The van der Waals surface area contributed by atoms with Crippen LogP contribution in [0.3, 0.4) is 0 Å². The Balaban J connectivity index is 1.26. The predicted octanol–water partition coefficient (Wildman–Crippen LogP) is 10.5. The van der Waals surface area contributed by atoms with Crippen LogP contribution in [0.1, 0.15) is 135 Å². The summed E-state index contributed by atoms with van der Waals surface area (Å²) in [5, 5.41) is 2.45. The SMILES string of the molecule is CCC(C)(C)c1cc(C(C)(C)CC)c2oc(C(N)Cc3ccc(N(C(=O)OC(C(=O)Nc4cc(NS(=O)(=O)c5ccc(NS(C)(=O)=O)cc5NS(C)(=O)=O)ccc4Cl)C(=O)C(C)(C)C)C4CCCC4)cc3C)nc2c1. The van der Waals surface area contributed by atoms with Crippen molar-refractivity contribution in [1.29, 1.82) is 0 Å². The second-order valence-electron chi connectivity index (χ2n) is 21.8. The van der Waals surface area contributed by atoms with E-state index in [2.05, 4.69) is 73.2 Å². The van der Waals surface area contributed by atoms with E-state index >= 15 is 0 Å². The minimum absolute atomic E-state index is 0.0747. The molecule has 0 radical (unpaired) electrons. The molecule has 2 atom stereocenters. The number of aromatic nitrogens is 1. The molecule has 22 heteroatoms. The maximum atomic E-state index is 14.6. The smallest absolute Gasteiger partial charge is 0.415 e. The van der Waals surface area contributed by atoms with Gasteiger partial charge in [-0.3, -0.25) is 28.7 Å². The zero-order valence-corrected chi connectivity index (χ0v) is 47.8. The molecule has 0 saturated heterocycles. The molecule has 2 unspecified atom stereocenters. The minimum Gasteiger partial charge on any atom is -0.439 e. The maximum Gasteiger partial charge on any atom is 0.415 e. The summed E-state index contributed by atoms with van der Waals surface area (Å²) in [7, 11) is -12.5. The Bertz CT molecular complexity index is 3350. The van der Waals surface area contributed by atoms with Crippen LogP contribution in [0.4, 0.5) is 33.2 Å². The summed E-state index contributed by atoms with van der Waals surface area (Å²) in [6.45, 7) is 19.8. The third-order valence-electron chi connectivity index (χ3n) is 13.8. The van der Waals surface area contributed by atoms with Crippen LogP contribution in [-0.2, 0) is 61.6 Å². The van der Waals surface area contributed by atoms with Gasteiger partial charge in [0, 0.05) is 22.7 Å². The standard InChI is InChI=1S/C53H70ClN7O11S3/c1-13-52(7,8)33-27-38(53(9,10)14-2)45-43(28-33)57-49(71-45)40(55)26-32-19-22-37(25-31(32)3)61(36-17-15-16-18-36)50(64)72-46(47(62)51(4,5)6)48(63)56-41-29-35(20-23-39(41)54)59-75(69,70)44-24-21-34(58-73(11,65)66)30-42(44)60-74(12,67)68/h19-25,27-30,36,40,46,58-60H,13-18,26,55H2,1-12H3,(H,56,63). The van der Waals surface area contributed by atoms with Gasteiger partial charge in [-0.05, 0) is 121 Å². The lowest BCUT2D eigenvalue weighted by atomic mass is 9.76. The Kier molecular flexibility index (Phi) is 17.2. The number of nitrogens with two attached hydrogens (primary N) is 1. The third-order valence-corrected chi connectivity index (χ3v) is 16.8. The molecule has 4 aromatic carbocycles. The van der Waals surface area contributed by atoms with E-state index in [0.29, 0.717) is 30.8 Å². The Morgan fingerprint density at radius 3 is 1.99 bits per heavy atom. The molecule has 6 rings (SSSR count). The van der Waals surface area contributed by atoms with E-state index in [4.69, 9.17) is 31.5 Å². The molecule has 1 aromatic heterocycles. The average molecular weight is 1110 g/mol. The first-order chi connectivity index (χ1) is 34.6. The summed E-state index contributed by atoms with van der Waals surface area (Å²) in [4.78, 5) is 48.8. The van der Waals surface area contributed by atoms with Crippen molar-refractivity contribution in [2.24, 2.45) is 11.1 Å². The molecule has 1 aliphatic rings. The van der Waals surface area contributed by atoms with E-state index in [9.17, 15) is 39.6 Å². The number of hydrogen-bond acceptors (Lipinski definition) is 13. The topological polar surface area (TPSA) is 266 Å². The first-order valence-corrected chi connectivity index (χ1v) is 30.3. The van der Waals surface area contributed by atoms with Gasteiger partial charge in [0.2, 0.25) is 32.0 Å². The minimum atomic E-state index is -4.64.